The largest absolute Gasteiger partial charge is 0.508 e. The average molecular weight is 492 g/mol. The van der Waals surface area contributed by atoms with Gasteiger partial charge < -0.3 is 19.9 Å². The number of aryl methyl sites for hydroxylation is 1. The molecule has 2 N–H and O–H groups in total. The van der Waals surface area contributed by atoms with E-state index in [1.54, 1.807) is 11.6 Å². The van der Waals surface area contributed by atoms with Gasteiger partial charge in [0.05, 0.1) is 11.2 Å². The normalized spacial score (nSPS) is 15.9. The lowest BCUT2D eigenvalue weighted by molar-refractivity contribution is 0.222. The molecule has 3 heterocycles. The molecular formula is C21H29N7O5S. The summed E-state index contributed by atoms with van der Waals surface area (Å²) in [6.45, 7) is 3.25. The number of hydrogen-bond acceptors (Lipinski definition) is 8. The van der Waals surface area contributed by atoms with Crippen LogP contribution in [0.3, 0.4) is 0 Å². The van der Waals surface area contributed by atoms with Crippen molar-refractivity contribution in [3.8, 4) is 5.75 Å². The fourth-order valence-corrected chi connectivity index (χ4v) is 5.50. The molecule has 34 heavy (non-hydrogen) atoms. The quantitative estimate of drug-likeness (QED) is 0.396. The summed E-state index contributed by atoms with van der Waals surface area (Å²) in [7, 11) is 1.30. The van der Waals surface area contributed by atoms with Gasteiger partial charge in [0.1, 0.15) is 5.75 Å². The summed E-state index contributed by atoms with van der Waals surface area (Å²) < 4.78 is 31.5. The van der Waals surface area contributed by atoms with Crippen molar-refractivity contribution in [1.82, 2.24) is 33.2 Å². The Labute approximate surface area is 196 Å². The van der Waals surface area contributed by atoms with E-state index in [4.69, 9.17) is 0 Å². The zero-order valence-corrected chi connectivity index (χ0v) is 20.2. The predicted octanol–water partition coefficient (Wildman–Crippen LogP) is -1.13. The lowest BCUT2D eigenvalue weighted by atomic mass is 10.2. The topological polar surface area (TPSA) is 135 Å². The molecular weight excluding hydrogens is 462 g/mol. The second-order valence-corrected chi connectivity index (χ2v) is 10.4. The van der Waals surface area contributed by atoms with Gasteiger partial charge in [-0.1, -0.05) is 0 Å². The summed E-state index contributed by atoms with van der Waals surface area (Å²) in [5.41, 5.74) is 0.240. The molecule has 184 valence electrons. The molecule has 1 saturated heterocycles. The van der Waals surface area contributed by atoms with Gasteiger partial charge in [0.25, 0.3) is 5.56 Å². The zero-order valence-electron chi connectivity index (χ0n) is 19.4. The molecule has 0 unspecified atom stereocenters. The summed E-state index contributed by atoms with van der Waals surface area (Å²) in [6, 6.07) is 4.31. The molecule has 0 aliphatic carbocycles. The van der Waals surface area contributed by atoms with Crippen LogP contribution < -0.4 is 16.6 Å². The number of phenolic OH excluding ortho intramolecular Hbond substituents is 1. The maximum absolute atomic E-state index is 13.0. The molecule has 0 spiro atoms. The van der Waals surface area contributed by atoms with Gasteiger partial charge in [-0.15, -0.1) is 0 Å². The van der Waals surface area contributed by atoms with E-state index in [9.17, 15) is 23.1 Å². The highest BCUT2D eigenvalue weighted by molar-refractivity contribution is 7.89. The second-order valence-electron chi connectivity index (χ2n) is 8.49. The molecule has 4 rings (SSSR count). The third-order valence-electron chi connectivity index (χ3n) is 6.21. The molecule has 0 saturated carbocycles. The molecule has 0 bridgehead atoms. The number of piperazine rings is 1. The Morgan fingerprint density at radius 2 is 1.76 bits per heavy atom. The third kappa shape index (κ3) is 4.39. The minimum Gasteiger partial charge on any atom is -0.508 e. The van der Waals surface area contributed by atoms with Crippen molar-refractivity contribution in [3.05, 3.63) is 50.9 Å². The number of hydrogen-bond donors (Lipinski definition) is 2. The van der Waals surface area contributed by atoms with Gasteiger partial charge in [0, 0.05) is 65.5 Å². The monoisotopic (exact) mass is 491 g/mol. The molecule has 0 radical (unpaired) electrons. The average Bonchev–Trinajstić information content (AvgIpc) is 3.24. The Kier molecular flexibility index (Phi) is 6.62. The van der Waals surface area contributed by atoms with Crippen molar-refractivity contribution in [1.29, 1.82) is 0 Å². The zero-order chi connectivity index (χ0) is 24.6. The highest BCUT2D eigenvalue weighted by Gasteiger charge is 2.28. The van der Waals surface area contributed by atoms with Crippen molar-refractivity contribution in [2.24, 2.45) is 14.1 Å². The molecule has 12 nitrogen and oxygen atoms in total. The van der Waals surface area contributed by atoms with Crippen LogP contribution in [0.15, 0.2) is 39.0 Å². The highest BCUT2D eigenvalue weighted by Crippen LogP contribution is 2.24. The maximum Gasteiger partial charge on any atom is 0.332 e. The van der Waals surface area contributed by atoms with Crippen LogP contribution in [0.25, 0.3) is 11.2 Å². The standard InChI is InChI=1S/C21H29N7O5S/c1-24-8-10-28(11-9-24)34(32,33)16-4-5-17(29)15(12-16)13-22-6-7-27-14-23-19-18(27)20(30)26(3)21(31)25(19)2/h4-5,12,14,22,29H,6-11,13H2,1-3H3. The summed E-state index contributed by atoms with van der Waals surface area (Å²) in [5.74, 6) is 0.00165. The molecule has 1 aliphatic rings. The Balaban J connectivity index is 1.45. The van der Waals surface area contributed by atoms with E-state index in [1.165, 1.54) is 40.4 Å². The van der Waals surface area contributed by atoms with Gasteiger partial charge >= 0.3 is 5.69 Å². The molecule has 1 aromatic carbocycles. The van der Waals surface area contributed by atoms with Crippen molar-refractivity contribution in [3.63, 3.8) is 0 Å². The molecule has 0 amide bonds. The van der Waals surface area contributed by atoms with E-state index in [1.807, 2.05) is 7.05 Å². The Morgan fingerprint density at radius 3 is 2.47 bits per heavy atom. The molecule has 1 aliphatic heterocycles. The number of imidazole rings is 1. The van der Waals surface area contributed by atoms with Crippen LogP contribution in [-0.2, 0) is 37.2 Å². The van der Waals surface area contributed by atoms with E-state index in [-0.39, 0.29) is 17.2 Å². The first-order chi connectivity index (χ1) is 16.1. The number of rotatable bonds is 7. The number of fused-ring (bicyclic) bond motifs is 1. The first-order valence-electron chi connectivity index (χ1n) is 10.9. The van der Waals surface area contributed by atoms with Gasteiger partial charge in [-0.2, -0.15) is 4.31 Å². The summed E-state index contributed by atoms with van der Waals surface area (Å²) in [5, 5.41) is 13.4. The van der Waals surface area contributed by atoms with Gasteiger partial charge in [-0.05, 0) is 25.2 Å². The fraction of sp³-hybridized carbons (Fsp3) is 0.476. The number of aromatic hydroxyl groups is 1. The molecule has 1 fully saturated rings. The lowest BCUT2D eigenvalue weighted by Gasteiger charge is -2.31. The maximum atomic E-state index is 13.0. The highest BCUT2D eigenvalue weighted by atomic mass is 32.2. The van der Waals surface area contributed by atoms with Crippen molar-refractivity contribution in [2.75, 3.05) is 39.8 Å². The van der Waals surface area contributed by atoms with Crippen LogP contribution in [0.2, 0.25) is 0 Å². The smallest absolute Gasteiger partial charge is 0.332 e. The SMILES string of the molecule is CN1CCN(S(=O)(=O)c2ccc(O)c(CNCCn3cnc4c3c(=O)n(C)c(=O)n4C)c2)CC1. The summed E-state index contributed by atoms with van der Waals surface area (Å²) in [4.78, 5) is 31.0. The molecule has 3 aromatic rings. The van der Waals surface area contributed by atoms with Crippen LogP contribution in [0.5, 0.6) is 5.75 Å². The minimum atomic E-state index is -3.64. The van der Waals surface area contributed by atoms with E-state index in [0.717, 1.165) is 4.57 Å². The van der Waals surface area contributed by atoms with E-state index in [2.05, 4.69) is 15.2 Å². The Hall–Kier alpha value is -3.00. The Morgan fingerprint density at radius 1 is 1.06 bits per heavy atom. The van der Waals surface area contributed by atoms with E-state index < -0.39 is 21.3 Å². The van der Waals surface area contributed by atoms with Crippen molar-refractivity contribution < 1.29 is 13.5 Å². The number of phenols is 1. The van der Waals surface area contributed by atoms with Crippen LogP contribution in [0.4, 0.5) is 0 Å². The van der Waals surface area contributed by atoms with Gasteiger partial charge in [0.15, 0.2) is 11.2 Å². The molecule has 13 heteroatoms. The van der Waals surface area contributed by atoms with Crippen LogP contribution in [-0.4, -0.2) is 81.2 Å². The number of aromatic nitrogens is 4. The predicted molar refractivity (Wildman–Crippen MR) is 126 cm³/mol. The number of nitrogens with zero attached hydrogens (tertiary/aromatic N) is 6. The summed E-state index contributed by atoms with van der Waals surface area (Å²) >= 11 is 0. The Bertz CT molecular complexity index is 1430. The first-order valence-corrected chi connectivity index (χ1v) is 12.4. The fourth-order valence-electron chi connectivity index (χ4n) is 4.03. The van der Waals surface area contributed by atoms with E-state index in [0.29, 0.717) is 56.0 Å². The van der Waals surface area contributed by atoms with Gasteiger partial charge in [-0.3, -0.25) is 13.9 Å². The molecule has 0 atom stereocenters. The van der Waals surface area contributed by atoms with Gasteiger partial charge in [-0.25, -0.2) is 18.2 Å². The lowest BCUT2D eigenvalue weighted by Crippen LogP contribution is -2.47. The van der Waals surface area contributed by atoms with Crippen LogP contribution in [0, 0.1) is 0 Å². The minimum absolute atomic E-state index is 0.00165. The van der Waals surface area contributed by atoms with E-state index >= 15 is 0 Å². The first kappa shape index (κ1) is 24.1. The third-order valence-corrected chi connectivity index (χ3v) is 8.11. The number of likely N-dealkylation sites (N-methyl/N-ethyl adjacent to an activating group) is 1. The molecule has 2 aromatic heterocycles. The second kappa shape index (κ2) is 9.33. The van der Waals surface area contributed by atoms with Crippen molar-refractivity contribution in [2.45, 2.75) is 18.0 Å². The number of benzene rings is 1. The van der Waals surface area contributed by atoms with Crippen LogP contribution in [0.1, 0.15) is 5.56 Å². The van der Waals surface area contributed by atoms with Gasteiger partial charge in [0.2, 0.25) is 10.0 Å². The van der Waals surface area contributed by atoms with Crippen molar-refractivity contribution >= 4 is 21.2 Å². The van der Waals surface area contributed by atoms with Crippen LogP contribution >= 0.6 is 0 Å². The number of nitrogens with one attached hydrogen (secondary N) is 1. The summed E-state index contributed by atoms with van der Waals surface area (Å²) in [6.07, 6.45) is 1.51. The number of sulfonamides is 1.